The average molecular weight is 563 g/mol. The number of ketones is 1. The van der Waals surface area contributed by atoms with Crippen molar-refractivity contribution in [2.45, 2.75) is 6.42 Å². The van der Waals surface area contributed by atoms with Gasteiger partial charge in [-0.1, -0.05) is 35.3 Å². The van der Waals surface area contributed by atoms with Crippen LogP contribution in [0.25, 0.3) is 0 Å². The number of carbonyl (C=O) groups is 1. The summed E-state index contributed by atoms with van der Waals surface area (Å²) >= 11 is 17.9. The summed E-state index contributed by atoms with van der Waals surface area (Å²) < 4.78 is 1.52. The lowest BCUT2D eigenvalue weighted by Crippen LogP contribution is -2.07. The Hall–Kier alpha value is -2.07. The molecule has 0 aliphatic carbocycles. The van der Waals surface area contributed by atoms with Gasteiger partial charge in [0, 0.05) is 33.8 Å². The van der Waals surface area contributed by atoms with Crippen LogP contribution in [0.2, 0.25) is 10.3 Å². The molecule has 0 radical (unpaired) electrons. The molecule has 7 nitrogen and oxygen atoms in total. The van der Waals surface area contributed by atoms with Gasteiger partial charge < -0.3 is 5.73 Å². The number of hydrogen-bond acceptors (Lipinski definition) is 6. The fourth-order valence-corrected chi connectivity index (χ4v) is 3.16. The Morgan fingerprint density at radius 3 is 2.24 bits per heavy atom. The highest BCUT2D eigenvalue weighted by atomic mass is 79.9. The van der Waals surface area contributed by atoms with Crippen LogP contribution in [0.5, 0.6) is 0 Å². The number of halogens is 4. The second-order valence-corrected chi connectivity index (χ2v) is 8.06. The monoisotopic (exact) mass is 560 g/mol. The van der Waals surface area contributed by atoms with Crippen molar-refractivity contribution in [3.8, 4) is 0 Å². The SMILES string of the molecule is Nc1cc(Br)cnc1Cl.O=C(Cc1cc(Br)cnc1Cl)c1ccccc1[N+](=O)[O-]. The van der Waals surface area contributed by atoms with Gasteiger partial charge in [-0.2, -0.15) is 0 Å². The van der Waals surface area contributed by atoms with Crippen LogP contribution in [0.1, 0.15) is 15.9 Å². The topological polar surface area (TPSA) is 112 Å². The van der Waals surface area contributed by atoms with E-state index in [-0.39, 0.29) is 28.6 Å². The Morgan fingerprint density at radius 1 is 1.07 bits per heavy atom. The van der Waals surface area contributed by atoms with Crippen LogP contribution >= 0.6 is 55.1 Å². The normalized spacial score (nSPS) is 10.1. The highest BCUT2D eigenvalue weighted by molar-refractivity contribution is 9.10. The van der Waals surface area contributed by atoms with Crippen molar-refractivity contribution in [2.75, 3.05) is 5.73 Å². The van der Waals surface area contributed by atoms with Crippen LogP contribution in [0.15, 0.2) is 57.7 Å². The Balaban J connectivity index is 0.000000278. The molecular weight excluding hydrogens is 551 g/mol. The molecular formula is C18H12Br2Cl2N4O3. The number of benzene rings is 1. The van der Waals surface area contributed by atoms with E-state index in [4.69, 9.17) is 28.9 Å². The van der Waals surface area contributed by atoms with E-state index in [9.17, 15) is 14.9 Å². The van der Waals surface area contributed by atoms with E-state index in [1.807, 2.05) is 0 Å². The molecule has 2 N–H and O–H groups in total. The van der Waals surface area contributed by atoms with Crippen molar-refractivity contribution in [2.24, 2.45) is 0 Å². The number of rotatable bonds is 4. The number of nitrogens with zero attached hydrogens (tertiary/aromatic N) is 3. The van der Waals surface area contributed by atoms with Gasteiger partial charge in [0.2, 0.25) is 0 Å². The number of anilines is 1. The second kappa shape index (κ2) is 10.6. The van der Waals surface area contributed by atoms with Crippen LogP contribution in [0.4, 0.5) is 11.4 Å². The van der Waals surface area contributed by atoms with Crippen molar-refractivity contribution in [3.05, 3.63) is 89.3 Å². The number of Topliss-reactive ketones (excluding diaryl/α,β-unsaturated/α-hetero) is 1. The fraction of sp³-hybridized carbons (Fsp3) is 0.0556. The summed E-state index contributed by atoms with van der Waals surface area (Å²) in [7, 11) is 0. The van der Waals surface area contributed by atoms with E-state index in [1.165, 1.54) is 24.4 Å². The molecule has 0 atom stereocenters. The van der Waals surface area contributed by atoms with Gasteiger partial charge >= 0.3 is 0 Å². The first-order chi connectivity index (χ1) is 13.7. The smallest absolute Gasteiger partial charge is 0.280 e. The zero-order chi connectivity index (χ0) is 21.6. The number of carbonyl (C=O) groups excluding carboxylic acids is 1. The molecule has 0 fully saturated rings. The van der Waals surface area contributed by atoms with E-state index in [0.29, 0.717) is 20.9 Å². The summed E-state index contributed by atoms with van der Waals surface area (Å²) in [5, 5.41) is 11.5. The van der Waals surface area contributed by atoms with E-state index in [2.05, 4.69) is 41.8 Å². The molecule has 0 aliphatic rings. The Kier molecular flexibility index (Phi) is 8.51. The highest BCUT2D eigenvalue weighted by Crippen LogP contribution is 2.23. The molecule has 11 heteroatoms. The fourth-order valence-electron chi connectivity index (χ4n) is 2.16. The molecule has 0 aliphatic heterocycles. The van der Waals surface area contributed by atoms with Gasteiger partial charge in [-0.25, -0.2) is 9.97 Å². The molecule has 3 rings (SSSR count). The minimum absolute atomic E-state index is 0.0455. The lowest BCUT2D eigenvalue weighted by molar-refractivity contribution is -0.385. The molecule has 0 saturated heterocycles. The number of aromatic nitrogens is 2. The third kappa shape index (κ3) is 6.74. The zero-order valence-electron chi connectivity index (χ0n) is 14.5. The summed E-state index contributed by atoms with van der Waals surface area (Å²) in [6, 6.07) is 9.20. The number of nitrogen functional groups attached to an aromatic ring is 1. The van der Waals surface area contributed by atoms with Crippen LogP contribution in [-0.2, 0) is 6.42 Å². The van der Waals surface area contributed by atoms with Crippen molar-refractivity contribution in [1.82, 2.24) is 9.97 Å². The van der Waals surface area contributed by atoms with E-state index < -0.39 is 4.92 Å². The van der Waals surface area contributed by atoms with Crippen molar-refractivity contribution in [1.29, 1.82) is 0 Å². The summed E-state index contributed by atoms with van der Waals surface area (Å²) in [5.74, 6) is -0.376. The minimum atomic E-state index is -0.575. The lowest BCUT2D eigenvalue weighted by Gasteiger charge is -2.04. The highest BCUT2D eigenvalue weighted by Gasteiger charge is 2.20. The first kappa shape index (κ1) is 23.2. The van der Waals surface area contributed by atoms with Crippen molar-refractivity contribution >= 4 is 72.2 Å². The molecule has 1 aromatic carbocycles. The van der Waals surface area contributed by atoms with Gasteiger partial charge in [0.05, 0.1) is 16.2 Å². The van der Waals surface area contributed by atoms with Crippen LogP contribution in [0.3, 0.4) is 0 Å². The largest absolute Gasteiger partial charge is 0.396 e. The van der Waals surface area contributed by atoms with Gasteiger partial charge in [-0.05, 0) is 55.6 Å². The summed E-state index contributed by atoms with van der Waals surface area (Å²) in [5.41, 5.74) is 6.26. The lowest BCUT2D eigenvalue weighted by atomic mass is 10.0. The van der Waals surface area contributed by atoms with Gasteiger partial charge in [0.15, 0.2) is 10.9 Å². The number of nitro groups is 1. The molecule has 3 aromatic rings. The van der Waals surface area contributed by atoms with E-state index >= 15 is 0 Å². The van der Waals surface area contributed by atoms with Gasteiger partial charge in [-0.3, -0.25) is 14.9 Å². The van der Waals surface area contributed by atoms with Gasteiger partial charge in [0.1, 0.15) is 5.15 Å². The second-order valence-electron chi connectivity index (χ2n) is 5.51. The molecule has 0 unspecified atom stereocenters. The van der Waals surface area contributed by atoms with E-state index in [1.54, 1.807) is 24.4 Å². The maximum Gasteiger partial charge on any atom is 0.280 e. The molecule has 0 bridgehead atoms. The molecule has 29 heavy (non-hydrogen) atoms. The number of pyridine rings is 2. The minimum Gasteiger partial charge on any atom is -0.396 e. The molecule has 150 valence electrons. The van der Waals surface area contributed by atoms with Gasteiger partial charge in [0.25, 0.3) is 5.69 Å². The molecule has 2 heterocycles. The van der Waals surface area contributed by atoms with Crippen LogP contribution in [0, 0.1) is 10.1 Å². The third-order valence-electron chi connectivity index (χ3n) is 3.46. The molecule has 0 saturated carbocycles. The maximum atomic E-state index is 12.2. The quantitative estimate of drug-likeness (QED) is 0.183. The number of nitrogens with two attached hydrogens (primary N) is 1. The van der Waals surface area contributed by atoms with Crippen LogP contribution < -0.4 is 5.73 Å². The van der Waals surface area contributed by atoms with Crippen LogP contribution in [-0.4, -0.2) is 20.7 Å². The molecule has 0 spiro atoms. The first-order valence-electron chi connectivity index (χ1n) is 7.82. The Bertz CT molecular complexity index is 1070. The van der Waals surface area contributed by atoms with Crippen molar-refractivity contribution in [3.63, 3.8) is 0 Å². The maximum absolute atomic E-state index is 12.2. The molecule has 0 amide bonds. The number of para-hydroxylation sites is 1. The predicted octanol–water partition coefficient (Wildman–Crippen LogP) is 5.91. The van der Waals surface area contributed by atoms with E-state index in [0.717, 1.165) is 4.47 Å². The number of nitro benzene ring substituents is 1. The average Bonchev–Trinajstić information content (AvgIpc) is 2.68. The standard InChI is InChI=1S/C13H8BrClN2O3.C5H4BrClN2/c14-9-5-8(13(15)16-7-9)6-12(18)10-3-1-2-4-11(10)17(19)20;6-3-1-4(8)5(7)9-2-3/h1-5,7H,6H2;1-2H,8H2. The Labute approximate surface area is 192 Å². The predicted molar refractivity (Wildman–Crippen MR) is 119 cm³/mol. The first-order valence-corrected chi connectivity index (χ1v) is 10.2. The zero-order valence-corrected chi connectivity index (χ0v) is 19.2. The number of hydrogen-bond donors (Lipinski definition) is 1. The third-order valence-corrected chi connectivity index (χ3v) is 4.99. The summed E-state index contributed by atoms with van der Waals surface area (Å²) in [6.45, 7) is 0. The molecule has 2 aromatic heterocycles. The van der Waals surface area contributed by atoms with Gasteiger partial charge in [-0.15, -0.1) is 0 Å². The van der Waals surface area contributed by atoms with Crippen molar-refractivity contribution < 1.29 is 9.72 Å². The summed E-state index contributed by atoms with van der Waals surface area (Å²) in [4.78, 5) is 30.2. The Morgan fingerprint density at radius 2 is 1.66 bits per heavy atom. The summed E-state index contributed by atoms with van der Waals surface area (Å²) in [6.07, 6.45) is 3.07.